The van der Waals surface area contributed by atoms with Gasteiger partial charge in [-0.1, -0.05) is 25.0 Å². The van der Waals surface area contributed by atoms with Gasteiger partial charge >= 0.3 is 0 Å². The van der Waals surface area contributed by atoms with Crippen molar-refractivity contribution in [2.45, 2.75) is 43.2 Å². The number of aryl methyl sites for hydroxylation is 1. The highest BCUT2D eigenvalue weighted by atomic mass is 79.9. The number of halogens is 1. The van der Waals surface area contributed by atoms with Crippen LogP contribution in [0.25, 0.3) is 0 Å². The van der Waals surface area contributed by atoms with Gasteiger partial charge in [0.15, 0.2) is 4.60 Å². The Labute approximate surface area is 126 Å². The van der Waals surface area contributed by atoms with Gasteiger partial charge in [0.25, 0.3) is 10.0 Å². The molecule has 7 nitrogen and oxygen atoms in total. The second-order valence-electron chi connectivity index (χ2n) is 5.55. The maximum absolute atomic E-state index is 12.5. The fraction of sp³-hybridized carbons (Fsp3) is 0.818. The summed E-state index contributed by atoms with van der Waals surface area (Å²) in [7, 11) is -2.28. The molecule has 0 saturated heterocycles. The van der Waals surface area contributed by atoms with E-state index < -0.39 is 15.6 Å². The van der Waals surface area contributed by atoms with Gasteiger partial charge in [0.1, 0.15) is 0 Å². The molecule has 1 aliphatic rings. The van der Waals surface area contributed by atoms with Crippen molar-refractivity contribution >= 4 is 26.0 Å². The van der Waals surface area contributed by atoms with E-state index in [2.05, 4.69) is 37.9 Å². The molecule has 0 spiro atoms. The summed E-state index contributed by atoms with van der Waals surface area (Å²) in [6, 6.07) is 0. The molecule has 0 aliphatic heterocycles. The molecule has 114 valence electrons. The molecule has 1 fully saturated rings. The summed E-state index contributed by atoms with van der Waals surface area (Å²) >= 11 is 3.09. The minimum Gasteiger partial charge on any atom is -0.394 e. The van der Waals surface area contributed by atoms with E-state index in [0.717, 1.165) is 12.8 Å². The van der Waals surface area contributed by atoms with Crippen LogP contribution in [-0.2, 0) is 17.1 Å². The Morgan fingerprint density at radius 1 is 1.60 bits per heavy atom. The molecule has 2 rings (SSSR count). The molecule has 1 aromatic rings. The second kappa shape index (κ2) is 5.70. The van der Waals surface area contributed by atoms with Gasteiger partial charge in [-0.25, -0.2) is 17.8 Å². The molecule has 1 saturated carbocycles. The van der Waals surface area contributed by atoms with Crippen LogP contribution in [0.1, 0.15) is 32.6 Å². The van der Waals surface area contributed by atoms with Crippen molar-refractivity contribution in [1.29, 1.82) is 0 Å². The summed E-state index contributed by atoms with van der Waals surface area (Å²) < 4.78 is 29.1. The van der Waals surface area contributed by atoms with Crippen LogP contribution >= 0.6 is 15.9 Å². The average Bonchev–Trinajstić information content (AvgIpc) is 2.69. The molecule has 9 heteroatoms. The number of aliphatic hydroxyl groups is 1. The molecule has 20 heavy (non-hydrogen) atoms. The molecule has 0 bridgehead atoms. The van der Waals surface area contributed by atoms with Gasteiger partial charge in [-0.05, 0) is 34.7 Å². The minimum absolute atomic E-state index is 0.0245. The fourth-order valence-corrected chi connectivity index (χ4v) is 5.40. The summed E-state index contributed by atoms with van der Waals surface area (Å²) in [5.41, 5.74) is -0.791. The maximum atomic E-state index is 12.5. The van der Waals surface area contributed by atoms with Crippen molar-refractivity contribution < 1.29 is 13.5 Å². The van der Waals surface area contributed by atoms with Crippen molar-refractivity contribution in [3.63, 3.8) is 0 Å². The predicted molar refractivity (Wildman–Crippen MR) is 76.5 cm³/mol. The first kappa shape index (κ1) is 15.9. The second-order valence-corrected chi connectivity index (χ2v) is 7.90. The highest BCUT2D eigenvalue weighted by Crippen LogP contribution is 2.33. The standard InChI is InChI=1S/C11H19BrN4O3S/c1-8-4-3-5-11(6-8,7-17)14-20(18,19)10-9(12)13-15-16(10)2/h8,14,17H,3-7H2,1-2H3. The lowest BCUT2D eigenvalue weighted by molar-refractivity contribution is 0.119. The van der Waals surface area contributed by atoms with E-state index in [-0.39, 0.29) is 16.2 Å². The van der Waals surface area contributed by atoms with Crippen LogP contribution in [-0.4, -0.2) is 40.7 Å². The zero-order valence-electron chi connectivity index (χ0n) is 11.5. The topological polar surface area (TPSA) is 97.1 Å². The Balaban J connectivity index is 2.31. The highest BCUT2D eigenvalue weighted by molar-refractivity contribution is 9.10. The van der Waals surface area contributed by atoms with Crippen molar-refractivity contribution in [3.8, 4) is 0 Å². The Kier molecular flexibility index (Phi) is 4.53. The zero-order valence-corrected chi connectivity index (χ0v) is 13.9. The van der Waals surface area contributed by atoms with Gasteiger partial charge in [-0.3, -0.25) is 0 Å². The van der Waals surface area contributed by atoms with E-state index in [4.69, 9.17) is 0 Å². The molecule has 0 radical (unpaired) electrons. The summed E-state index contributed by atoms with van der Waals surface area (Å²) in [4.78, 5) is 0. The van der Waals surface area contributed by atoms with Crippen LogP contribution in [0.5, 0.6) is 0 Å². The Hall–Kier alpha value is -0.510. The molecule has 1 aliphatic carbocycles. The van der Waals surface area contributed by atoms with Gasteiger partial charge < -0.3 is 5.11 Å². The molecule has 2 unspecified atom stereocenters. The third kappa shape index (κ3) is 3.05. The van der Waals surface area contributed by atoms with E-state index >= 15 is 0 Å². The van der Waals surface area contributed by atoms with Crippen LogP contribution < -0.4 is 4.72 Å². The zero-order chi connectivity index (χ0) is 15.0. The quantitative estimate of drug-likeness (QED) is 0.821. The fourth-order valence-electron chi connectivity index (χ4n) is 2.87. The van der Waals surface area contributed by atoms with E-state index in [0.29, 0.717) is 18.8 Å². The molecular formula is C11H19BrN4O3S. The molecular weight excluding hydrogens is 348 g/mol. The Morgan fingerprint density at radius 3 is 2.80 bits per heavy atom. The number of aromatic nitrogens is 3. The van der Waals surface area contributed by atoms with Crippen molar-refractivity contribution in [2.75, 3.05) is 6.61 Å². The first-order valence-electron chi connectivity index (χ1n) is 6.50. The van der Waals surface area contributed by atoms with Gasteiger partial charge in [-0.2, -0.15) is 0 Å². The molecule has 2 N–H and O–H groups in total. The summed E-state index contributed by atoms with van der Waals surface area (Å²) in [6.07, 6.45) is 3.22. The molecule has 1 aromatic heterocycles. The van der Waals surface area contributed by atoms with E-state index in [1.54, 1.807) is 0 Å². The lowest BCUT2D eigenvalue weighted by Gasteiger charge is -2.38. The first-order chi connectivity index (χ1) is 9.30. The summed E-state index contributed by atoms with van der Waals surface area (Å²) in [5, 5.41) is 17.0. The smallest absolute Gasteiger partial charge is 0.261 e. The van der Waals surface area contributed by atoms with Gasteiger partial charge in [0, 0.05) is 7.05 Å². The first-order valence-corrected chi connectivity index (χ1v) is 8.77. The predicted octanol–water partition coefficient (Wildman–Crippen LogP) is 0.797. The van der Waals surface area contributed by atoms with Crippen LogP contribution in [0.3, 0.4) is 0 Å². The van der Waals surface area contributed by atoms with Crippen LogP contribution in [0, 0.1) is 5.92 Å². The molecule has 0 amide bonds. The molecule has 0 aromatic carbocycles. The Bertz CT molecular complexity index is 569. The third-order valence-corrected chi connectivity index (χ3v) is 6.20. The van der Waals surface area contributed by atoms with Crippen LogP contribution in [0.2, 0.25) is 0 Å². The number of nitrogens with zero attached hydrogens (tertiary/aromatic N) is 3. The number of hydrogen-bond acceptors (Lipinski definition) is 5. The Morgan fingerprint density at radius 2 is 2.30 bits per heavy atom. The largest absolute Gasteiger partial charge is 0.394 e. The average molecular weight is 367 g/mol. The van der Waals surface area contributed by atoms with E-state index in [1.165, 1.54) is 11.7 Å². The lowest BCUT2D eigenvalue weighted by Crippen LogP contribution is -2.54. The van der Waals surface area contributed by atoms with E-state index in [9.17, 15) is 13.5 Å². The lowest BCUT2D eigenvalue weighted by atomic mass is 9.78. The van der Waals surface area contributed by atoms with Crippen LogP contribution in [0.4, 0.5) is 0 Å². The molecule has 2 atom stereocenters. The van der Waals surface area contributed by atoms with Crippen molar-refractivity contribution in [2.24, 2.45) is 13.0 Å². The summed E-state index contributed by atoms with van der Waals surface area (Å²) in [6.45, 7) is 1.86. The molecule has 1 heterocycles. The van der Waals surface area contributed by atoms with Gasteiger partial charge in [-0.15, -0.1) is 5.10 Å². The third-order valence-electron chi connectivity index (χ3n) is 3.74. The number of nitrogens with one attached hydrogen (secondary N) is 1. The van der Waals surface area contributed by atoms with Gasteiger partial charge in [0.2, 0.25) is 5.03 Å². The van der Waals surface area contributed by atoms with Gasteiger partial charge in [0.05, 0.1) is 12.1 Å². The van der Waals surface area contributed by atoms with Crippen molar-refractivity contribution in [1.82, 2.24) is 19.7 Å². The number of aliphatic hydroxyl groups excluding tert-OH is 1. The van der Waals surface area contributed by atoms with E-state index in [1.807, 2.05) is 0 Å². The summed E-state index contributed by atoms with van der Waals surface area (Å²) in [5.74, 6) is 0.381. The minimum atomic E-state index is -3.79. The normalized spacial score (nSPS) is 27.7. The monoisotopic (exact) mass is 366 g/mol. The number of hydrogen-bond donors (Lipinski definition) is 2. The number of rotatable bonds is 4. The maximum Gasteiger partial charge on any atom is 0.261 e. The highest BCUT2D eigenvalue weighted by Gasteiger charge is 2.40. The SMILES string of the molecule is CC1CCCC(CO)(NS(=O)(=O)c2c(Br)nnn2C)C1. The van der Waals surface area contributed by atoms with Crippen molar-refractivity contribution in [3.05, 3.63) is 4.60 Å². The number of sulfonamides is 1. The van der Waals surface area contributed by atoms with Crippen LogP contribution in [0.15, 0.2) is 9.63 Å².